The minimum Gasteiger partial charge on any atom is -0.487 e. The number of aromatic nitrogens is 2. The van der Waals surface area contributed by atoms with Gasteiger partial charge in [0.05, 0.1) is 23.8 Å². The van der Waals surface area contributed by atoms with Gasteiger partial charge >= 0.3 is 0 Å². The van der Waals surface area contributed by atoms with E-state index >= 15 is 0 Å². The lowest BCUT2D eigenvalue weighted by Gasteiger charge is -2.14. The first-order valence-electron chi connectivity index (χ1n) is 6.74. The maximum atomic E-state index is 11.6. The van der Waals surface area contributed by atoms with Gasteiger partial charge in [0.2, 0.25) is 0 Å². The van der Waals surface area contributed by atoms with Gasteiger partial charge in [0.25, 0.3) is 0 Å². The van der Waals surface area contributed by atoms with Gasteiger partial charge < -0.3 is 9.30 Å². The van der Waals surface area contributed by atoms with Gasteiger partial charge in [-0.1, -0.05) is 6.07 Å². The highest BCUT2D eigenvalue weighted by atomic mass is 16.5. The van der Waals surface area contributed by atoms with Crippen molar-refractivity contribution >= 4 is 5.78 Å². The topological polar surface area (TPSA) is 44.1 Å². The van der Waals surface area contributed by atoms with Gasteiger partial charge in [-0.2, -0.15) is 0 Å². The van der Waals surface area contributed by atoms with E-state index in [4.69, 9.17) is 4.74 Å². The molecule has 2 aromatic rings. The number of aryl methyl sites for hydroxylation is 1. The van der Waals surface area contributed by atoms with Crippen LogP contribution < -0.4 is 4.74 Å². The molecule has 0 spiro atoms. The highest BCUT2D eigenvalue weighted by Crippen LogP contribution is 2.22. The van der Waals surface area contributed by atoms with Crippen LogP contribution in [0.2, 0.25) is 0 Å². The van der Waals surface area contributed by atoms with Gasteiger partial charge in [-0.25, -0.2) is 4.98 Å². The number of Topliss-reactive ketones (excluding diaryl/α,β-unsaturated/α-hetero) is 1. The molecular weight excluding hydrogens is 252 g/mol. The molecule has 0 bridgehead atoms. The number of imidazole rings is 1. The Morgan fingerprint density at radius 2 is 2.15 bits per heavy atom. The van der Waals surface area contributed by atoms with Crippen molar-refractivity contribution in [3.8, 4) is 5.75 Å². The summed E-state index contributed by atoms with van der Waals surface area (Å²) >= 11 is 0. The average Bonchev–Trinajstić information content (AvgIpc) is 2.84. The van der Waals surface area contributed by atoms with Crippen molar-refractivity contribution in [2.45, 2.75) is 40.3 Å². The fraction of sp³-hybridized carbons (Fsp3) is 0.375. The summed E-state index contributed by atoms with van der Waals surface area (Å²) in [5.74, 6) is 0.645. The molecule has 1 aromatic carbocycles. The van der Waals surface area contributed by atoms with Crippen LogP contribution in [0.25, 0.3) is 0 Å². The summed E-state index contributed by atoms with van der Waals surface area (Å²) in [6, 6.07) is 5.96. The first kappa shape index (κ1) is 14.3. The van der Waals surface area contributed by atoms with Crippen LogP contribution in [0.1, 0.15) is 48.4 Å². The fourth-order valence-corrected chi connectivity index (χ4v) is 2.10. The van der Waals surface area contributed by atoms with Crippen LogP contribution in [-0.2, 0) is 6.61 Å². The summed E-state index contributed by atoms with van der Waals surface area (Å²) in [6.07, 6.45) is 3.59. The predicted octanol–water partition coefficient (Wildman–Crippen LogP) is 3.55. The van der Waals surface area contributed by atoms with Gasteiger partial charge in [-0.05, 0) is 45.4 Å². The number of rotatable bonds is 5. The fourth-order valence-electron chi connectivity index (χ4n) is 2.10. The lowest BCUT2D eigenvalue weighted by molar-refractivity contribution is 0.101. The summed E-state index contributed by atoms with van der Waals surface area (Å²) in [5, 5.41) is 0. The molecule has 0 atom stereocenters. The van der Waals surface area contributed by atoms with Crippen molar-refractivity contribution in [3.05, 3.63) is 47.5 Å². The molecule has 0 saturated carbocycles. The molecule has 0 aliphatic heterocycles. The molecular formula is C16H20N2O2. The second kappa shape index (κ2) is 5.90. The maximum absolute atomic E-state index is 11.6. The van der Waals surface area contributed by atoms with E-state index in [0.29, 0.717) is 24.0 Å². The van der Waals surface area contributed by atoms with Crippen LogP contribution in [0, 0.1) is 6.92 Å². The second-order valence-corrected chi connectivity index (χ2v) is 5.23. The first-order valence-corrected chi connectivity index (χ1v) is 6.74. The van der Waals surface area contributed by atoms with Gasteiger partial charge in [0.15, 0.2) is 5.78 Å². The Labute approximate surface area is 119 Å². The zero-order chi connectivity index (χ0) is 14.7. The van der Waals surface area contributed by atoms with Crippen LogP contribution in [0.4, 0.5) is 0 Å². The number of hydrogen-bond acceptors (Lipinski definition) is 3. The van der Waals surface area contributed by atoms with E-state index in [1.54, 1.807) is 19.4 Å². The third-order valence-corrected chi connectivity index (χ3v) is 3.19. The quantitative estimate of drug-likeness (QED) is 0.782. The van der Waals surface area contributed by atoms with E-state index < -0.39 is 0 Å². The summed E-state index contributed by atoms with van der Waals surface area (Å²) in [6.45, 7) is 8.13. The van der Waals surface area contributed by atoms with Crippen LogP contribution >= 0.6 is 0 Å². The van der Waals surface area contributed by atoms with Crippen molar-refractivity contribution in [2.75, 3.05) is 0 Å². The van der Waals surface area contributed by atoms with Crippen molar-refractivity contribution in [1.82, 2.24) is 9.55 Å². The van der Waals surface area contributed by atoms with E-state index in [9.17, 15) is 4.79 Å². The largest absolute Gasteiger partial charge is 0.487 e. The number of carbonyl (C=O) groups is 1. The number of benzene rings is 1. The third-order valence-electron chi connectivity index (χ3n) is 3.19. The molecule has 0 aliphatic carbocycles. The van der Waals surface area contributed by atoms with E-state index in [2.05, 4.69) is 23.4 Å². The molecule has 2 rings (SSSR count). The Morgan fingerprint density at radius 1 is 1.40 bits per heavy atom. The maximum Gasteiger partial charge on any atom is 0.163 e. The molecule has 0 unspecified atom stereocenters. The molecule has 0 radical (unpaired) electrons. The molecule has 0 fully saturated rings. The minimum atomic E-state index is 0.0115. The molecule has 0 amide bonds. The number of nitrogens with zero attached hydrogens (tertiary/aromatic N) is 2. The van der Waals surface area contributed by atoms with Gasteiger partial charge in [0.1, 0.15) is 12.4 Å². The van der Waals surface area contributed by atoms with Crippen molar-refractivity contribution < 1.29 is 9.53 Å². The molecule has 1 aromatic heterocycles. The Hall–Kier alpha value is -2.10. The number of ketones is 1. The average molecular weight is 272 g/mol. The molecule has 106 valence electrons. The standard InChI is InChI=1S/C16H20N2O2/c1-11(2)18-10-17-8-14(18)9-20-16-7-12(3)5-6-15(16)13(4)19/h5-8,10-11H,9H2,1-4H3. The second-order valence-electron chi connectivity index (χ2n) is 5.23. The lowest BCUT2D eigenvalue weighted by Crippen LogP contribution is -2.08. The molecule has 1 heterocycles. The molecule has 0 N–H and O–H groups in total. The predicted molar refractivity (Wildman–Crippen MR) is 78.1 cm³/mol. The van der Waals surface area contributed by atoms with Crippen molar-refractivity contribution in [3.63, 3.8) is 0 Å². The molecule has 4 heteroatoms. The Kier molecular flexibility index (Phi) is 4.23. The smallest absolute Gasteiger partial charge is 0.163 e. The Balaban J connectivity index is 2.20. The van der Waals surface area contributed by atoms with Gasteiger partial charge in [0, 0.05) is 6.04 Å². The number of ether oxygens (including phenoxy) is 1. The summed E-state index contributed by atoms with van der Waals surface area (Å²) in [4.78, 5) is 15.8. The molecule has 0 aliphatic rings. The van der Waals surface area contributed by atoms with E-state index in [1.807, 2.05) is 25.1 Å². The number of hydrogen-bond donors (Lipinski definition) is 0. The van der Waals surface area contributed by atoms with Crippen LogP contribution in [0.3, 0.4) is 0 Å². The van der Waals surface area contributed by atoms with Crippen LogP contribution in [0.15, 0.2) is 30.7 Å². The van der Waals surface area contributed by atoms with Crippen LogP contribution in [-0.4, -0.2) is 15.3 Å². The normalized spacial score (nSPS) is 10.8. The molecule has 20 heavy (non-hydrogen) atoms. The lowest BCUT2D eigenvalue weighted by atomic mass is 10.1. The Morgan fingerprint density at radius 3 is 2.80 bits per heavy atom. The van der Waals surface area contributed by atoms with E-state index in [0.717, 1.165) is 11.3 Å². The van der Waals surface area contributed by atoms with E-state index in [-0.39, 0.29) is 5.78 Å². The summed E-state index contributed by atoms with van der Waals surface area (Å²) in [5.41, 5.74) is 2.68. The monoisotopic (exact) mass is 272 g/mol. The summed E-state index contributed by atoms with van der Waals surface area (Å²) in [7, 11) is 0. The summed E-state index contributed by atoms with van der Waals surface area (Å²) < 4.78 is 7.89. The highest BCUT2D eigenvalue weighted by Gasteiger charge is 2.11. The van der Waals surface area contributed by atoms with Crippen molar-refractivity contribution in [2.24, 2.45) is 0 Å². The highest BCUT2D eigenvalue weighted by molar-refractivity contribution is 5.96. The van der Waals surface area contributed by atoms with Gasteiger partial charge in [-0.15, -0.1) is 0 Å². The zero-order valence-electron chi connectivity index (χ0n) is 12.4. The molecule has 0 saturated heterocycles. The SMILES string of the molecule is CC(=O)c1ccc(C)cc1OCc1cncn1C(C)C. The minimum absolute atomic E-state index is 0.0115. The Bertz CT molecular complexity index is 615. The zero-order valence-corrected chi connectivity index (χ0v) is 12.4. The molecule has 4 nitrogen and oxygen atoms in total. The number of carbonyl (C=O) groups excluding carboxylic acids is 1. The third kappa shape index (κ3) is 3.07. The van der Waals surface area contributed by atoms with Crippen LogP contribution in [0.5, 0.6) is 5.75 Å². The van der Waals surface area contributed by atoms with Gasteiger partial charge in [-0.3, -0.25) is 4.79 Å². The van der Waals surface area contributed by atoms with E-state index in [1.165, 1.54) is 0 Å². The first-order chi connectivity index (χ1) is 9.49. The van der Waals surface area contributed by atoms with Crippen molar-refractivity contribution in [1.29, 1.82) is 0 Å².